The van der Waals surface area contributed by atoms with Crippen molar-refractivity contribution >= 4 is 15.8 Å². The summed E-state index contributed by atoms with van der Waals surface area (Å²) < 4.78 is 40.9. The van der Waals surface area contributed by atoms with Gasteiger partial charge in [0.2, 0.25) is 6.79 Å². The number of fused-ring (bicyclic) bond motifs is 1. The van der Waals surface area contributed by atoms with Crippen LogP contribution in [-0.4, -0.2) is 45.3 Å². The van der Waals surface area contributed by atoms with E-state index in [0.717, 1.165) is 0 Å². The summed E-state index contributed by atoms with van der Waals surface area (Å²) in [6.45, 7) is 3.46. The zero-order chi connectivity index (χ0) is 17.5. The van der Waals surface area contributed by atoms with E-state index in [2.05, 4.69) is 0 Å². The smallest absolute Gasteiger partial charge is 0.315 e. The molecule has 132 valence electrons. The first-order chi connectivity index (χ1) is 11.4. The van der Waals surface area contributed by atoms with Gasteiger partial charge in [-0.05, 0) is 24.6 Å². The summed E-state index contributed by atoms with van der Waals surface area (Å²) in [6.07, 6.45) is 0. The monoisotopic (exact) mass is 355 g/mol. The van der Waals surface area contributed by atoms with E-state index in [-0.39, 0.29) is 25.7 Å². The number of benzene rings is 1. The highest BCUT2D eigenvalue weighted by molar-refractivity contribution is 7.92. The Morgan fingerprint density at radius 3 is 2.67 bits per heavy atom. The SMILES string of the molecule is CCOC(=O)[C@@]1(CN)[C@H](S(=O)(=O)CC)[C@@H]1c1ccc2c(c1)OCO2. The van der Waals surface area contributed by atoms with Crippen molar-refractivity contribution in [3.05, 3.63) is 23.8 Å². The Bertz CT molecular complexity index is 762. The minimum absolute atomic E-state index is 0.0557. The topological polar surface area (TPSA) is 105 Å². The molecule has 1 aromatic carbocycles. The number of nitrogens with two attached hydrogens (primary N) is 1. The highest BCUT2D eigenvalue weighted by Crippen LogP contribution is 2.63. The first-order valence-corrected chi connectivity index (χ1v) is 9.62. The molecule has 1 aliphatic carbocycles. The molecule has 1 aromatic rings. The largest absolute Gasteiger partial charge is 0.465 e. The summed E-state index contributed by atoms with van der Waals surface area (Å²) in [5, 5.41) is -0.876. The van der Waals surface area contributed by atoms with Crippen LogP contribution in [0.15, 0.2) is 18.2 Å². The molecular formula is C16H21NO6S. The first-order valence-electron chi connectivity index (χ1n) is 7.90. The second kappa shape index (κ2) is 5.93. The number of esters is 1. The number of rotatable bonds is 6. The molecule has 0 saturated heterocycles. The summed E-state index contributed by atoms with van der Waals surface area (Å²) >= 11 is 0. The highest BCUT2D eigenvalue weighted by atomic mass is 32.2. The maximum Gasteiger partial charge on any atom is 0.315 e. The average Bonchev–Trinajstić information content (AvgIpc) is 3.07. The first kappa shape index (κ1) is 17.0. The second-order valence-corrected chi connectivity index (χ2v) is 8.34. The maximum atomic E-state index is 12.5. The predicted molar refractivity (Wildman–Crippen MR) is 86.7 cm³/mol. The Morgan fingerprint density at radius 1 is 1.33 bits per heavy atom. The van der Waals surface area contributed by atoms with Crippen molar-refractivity contribution in [2.24, 2.45) is 11.1 Å². The van der Waals surface area contributed by atoms with Gasteiger partial charge in [-0.1, -0.05) is 13.0 Å². The molecule has 0 radical (unpaired) electrons. The summed E-state index contributed by atoms with van der Waals surface area (Å²) in [4.78, 5) is 12.5. The Balaban J connectivity index is 2.05. The summed E-state index contributed by atoms with van der Waals surface area (Å²) in [5.41, 5.74) is 5.32. The van der Waals surface area contributed by atoms with Gasteiger partial charge in [0.25, 0.3) is 0 Å². The van der Waals surface area contributed by atoms with Crippen LogP contribution in [0.5, 0.6) is 11.5 Å². The third-order valence-corrected chi connectivity index (χ3v) is 7.07. The Hall–Kier alpha value is -1.80. The van der Waals surface area contributed by atoms with Gasteiger partial charge in [0.15, 0.2) is 21.3 Å². The molecule has 0 unspecified atom stereocenters. The Morgan fingerprint density at radius 2 is 2.04 bits per heavy atom. The van der Waals surface area contributed by atoms with Gasteiger partial charge in [-0.3, -0.25) is 4.79 Å². The van der Waals surface area contributed by atoms with Crippen LogP contribution in [0.4, 0.5) is 0 Å². The van der Waals surface area contributed by atoms with E-state index in [1.165, 1.54) is 0 Å². The summed E-state index contributed by atoms with van der Waals surface area (Å²) in [5.74, 6) is -0.0105. The van der Waals surface area contributed by atoms with Crippen molar-refractivity contribution in [1.29, 1.82) is 0 Å². The van der Waals surface area contributed by atoms with Crippen LogP contribution in [0.3, 0.4) is 0 Å². The van der Waals surface area contributed by atoms with Crippen LogP contribution < -0.4 is 15.2 Å². The van der Waals surface area contributed by atoms with Crippen molar-refractivity contribution in [2.45, 2.75) is 25.0 Å². The summed E-state index contributed by atoms with van der Waals surface area (Å²) in [7, 11) is -3.47. The van der Waals surface area contributed by atoms with E-state index >= 15 is 0 Å². The molecule has 3 rings (SSSR count). The van der Waals surface area contributed by atoms with Gasteiger partial charge in [0, 0.05) is 18.2 Å². The molecule has 0 bridgehead atoms. The van der Waals surface area contributed by atoms with Crippen molar-refractivity contribution in [3.8, 4) is 11.5 Å². The van der Waals surface area contributed by atoms with Gasteiger partial charge in [-0.2, -0.15) is 0 Å². The highest BCUT2D eigenvalue weighted by Gasteiger charge is 2.75. The molecule has 1 fully saturated rings. The number of carbonyl (C=O) groups excluding carboxylic acids is 1. The lowest BCUT2D eigenvalue weighted by Crippen LogP contribution is -2.34. The standard InChI is InChI=1S/C16H21NO6S/c1-3-21-15(18)16(8-17)13(14(16)24(19,20)4-2)10-5-6-11-12(7-10)23-9-22-11/h5-7,13-14H,3-4,8-9,17H2,1-2H3/t13-,14+,16+/m0/s1. The normalized spacial score (nSPS) is 27.8. The molecule has 0 aromatic heterocycles. The Kier molecular flexibility index (Phi) is 4.21. The minimum atomic E-state index is -3.47. The summed E-state index contributed by atoms with van der Waals surface area (Å²) in [6, 6.07) is 5.20. The molecule has 24 heavy (non-hydrogen) atoms. The molecule has 1 heterocycles. The number of ether oxygens (including phenoxy) is 3. The number of hydrogen-bond donors (Lipinski definition) is 1. The third-order valence-electron chi connectivity index (χ3n) is 4.79. The van der Waals surface area contributed by atoms with Gasteiger partial charge < -0.3 is 19.9 Å². The van der Waals surface area contributed by atoms with E-state index in [1.54, 1.807) is 32.0 Å². The molecule has 7 nitrogen and oxygen atoms in total. The van der Waals surface area contributed by atoms with Gasteiger partial charge >= 0.3 is 5.97 Å². The van der Waals surface area contributed by atoms with Gasteiger partial charge in [0.1, 0.15) is 5.41 Å². The molecule has 0 amide bonds. The fraction of sp³-hybridized carbons (Fsp3) is 0.562. The molecule has 1 saturated carbocycles. The number of sulfone groups is 1. The fourth-order valence-electron chi connectivity index (χ4n) is 3.53. The average molecular weight is 355 g/mol. The molecular weight excluding hydrogens is 334 g/mol. The van der Waals surface area contributed by atoms with Crippen molar-refractivity contribution in [2.75, 3.05) is 25.7 Å². The number of hydrogen-bond acceptors (Lipinski definition) is 7. The van der Waals surface area contributed by atoms with Crippen LogP contribution in [0.1, 0.15) is 25.3 Å². The van der Waals surface area contributed by atoms with E-state index in [0.29, 0.717) is 17.1 Å². The minimum Gasteiger partial charge on any atom is -0.465 e. The third kappa shape index (κ3) is 2.36. The fourth-order valence-corrected chi connectivity index (χ4v) is 5.60. The van der Waals surface area contributed by atoms with Crippen molar-refractivity contribution in [3.63, 3.8) is 0 Å². The van der Waals surface area contributed by atoms with E-state index in [4.69, 9.17) is 19.9 Å². The molecule has 0 spiro atoms. The number of carbonyl (C=O) groups is 1. The molecule has 2 aliphatic rings. The lowest BCUT2D eigenvalue weighted by molar-refractivity contribution is -0.149. The molecule has 3 atom stereocenters. The van der Waals surface area contributed by atoms with E-state index < -0.39 is 32.4 Å². The van der Waals surface area contributed by atoms with Gasteiger partial charge in [-0.15, -0.1) is 0 Å². The molecule has 2 N–H and O–H groups in total. The quantitative estimate of drug-likeness (QED) is 0.753. The second-order valence-electron chi connectivity index (χ2n) is 5.93. The van der Waals surface area contributed by atoms with Gasteiger partial charge in [-0.25, -0.2) is 8.42 Å². The van der Waals surface area contributed by atoms with Crippen molar-refractivity contribution < 1.29 is 27.4 Å². The van der Waals surface area contributed by atoms with Crippen LogP contribution in [0.25, 0.3) is 0 Å². The zero-order valence-corrected chi connectivity index (χ0v) is 14.5. The van der Waals surface area contributed by atoms with E-state index in [1.807, 2.05) is 0 Å². The lowest BCUT2D eigenvalue weighted by Gasteiger charge is -2.14. The van der Waals surface area contributed by atoms with Gasteiger partial charge in [0.05, 0.1) is 11.9 Å². The molecule has 8 heteroatoms. The Labute approximate surface area is 141 Å². The van der Waals surface area contributed by atoms with Crippen LogP contribution in [-0.2, 0) is 19.4 Å². The van der Waals surface area contributed by atoms with Crippen molar-refractivity contribution in [1.82, 2.24) is 0 Å². The van der Waals surface area contributed by atoms with Crippen LogP contribution in [0, 0.1) is 5.41 Å². The van der Waals surface area contributed by atoms with Crippen LogP contribution in [0.2, 0.25) is 0 Å². The lowest BCUT2D eigenvalue weighted by atomic mass is 9.99. The van der Waals surface area contributed by atoms with E-state index in [9.17, 15) is 13.2 Å². The molecule has 1 aliphatic heterocycles. The predicted octanol–water partition coefficient (Wildman–Crippen LogP) is 0.824. The zero-order valence-electron chi connectivity index (χ0n) is 13.7. The van der Waals surface area contributed by atoms with Crippen LogP contribution >= 0.6 is 0 Å². The maximum absolute atomic E-state index is 12.5.